The van der Waals surface area contributed by atoms with E-state index in [9.17, 15) is 4.79 Å². The van der Waals surface area contributed by atoms with Gasteiger partial charge in [-0.3, -0.25) is 4.79 Å². The minimum atomic E-state index is 0.169. The highest BCUT2D eigenvalue weighted by atomic mass is 32.1. The summed E-state index contributed by atoms with van der Waals surface area (Å²) in [7, 11) is 0. The van der Waals surface area contributed by atoms with Crippen LogP contribution in [0.2, 0.25) is 0 Å². The molecule has 0 aromatic carbocycles. The molecule has 2 fully saturated rings. The van der Waals surface area contributed by atoms with Gasteiger partial charge in [-0.05, 0) is 42.8 Å². The van der Waals surface area contributed by atoms with Gasteiger partial charge in [-0.15, -0.1) is 0 Å². The molecule has 2 bridgehead atoms. The van der Waals surface area contributed by atoms with Crippen LogP contribution in [0.4, 0.5) is 0 Å². The molecule has 0 aliphatic heterocycles. The number of carbonyl (C=O) groups is 1. The molecule has 2 aliphatic carbocycles. The van der Waals surface area contributed by atoms with E-state index in [0.717, 1.165) is 24.3 Å². The molecule has 80 valence electrons. The van der Waals surface area contributed by atoms with Gasteiger partial charge in [0.2, 0.25) is 5.91 Å². The third-order valence-electron chi connectivity index (χ3n) is 3.78. The van der Waals surface area contributed by atoms with E-state index in [1.807, 2.05) is 0 Å². The molecule has 14 heavy (non-hydrogen) atoms. The zero-order valence-electron chi connectivity index (χ0n) is 8.54. The van der Waals surface area contributed by atoms with Crippen molar-refractivity contribution in [1.29, 1.82) is 0 Å². The molecule has 0 heterocycles. The molecule has 2 saturated carbocycles. The van der Waals surface area contributed by atoms with Crippen LogP contribution >= 0.6 is 12.6 Å². The average molecular weight is 213 g/mol. The Morgan fingerprint density at radius 3 is 2.79 bits per heavy atom. The SMILES string of the molecule is O=C(CCS)NCC1CC2CCC1C2. The van der Waals surface area contributed by atoms with Crippen LogP contribution in [-0.2, 0) is 4.79 Å². The topological polar surface area (TPSA) is 29.1 Å². The first kappa shape index (κ1) is 10.3. The molecule has 2 nitrogen and oxygen atoms in total. The van der Waals surface area contributed by atoms with Gasteiger partial charge < -0.3 is 5.32 Å². The lowest BCUT2D eigenvalue weighted by Gasteiger charge is -2.21. The highest BCUT2D eigenvalue weighted by Gasteiger charge is 2.39. The van der Waals surface area contributed by atoms with Gasteiger partial charge >= 0.3 is 0 Å². The van der Waals surface area contributed by atoms with Crippen LogP contribution in [0.1, 0.15) is 32.1 Å². The van der Waals surface area contributed by atoms with Gasteiger partial charge in [0.25, 0.3) is 0 Å². The van der Waals surface area contributed by atoms with Gasteiger partial charge in [0.05, 0.1) is 0 Å². The Morgan fingerprint density at radius 1 is 1.36 bits per heavy atom. The minimum absolute atomic E-state index is 0.169. The molecular formula is C11H19NOS. The van der Waals surface area contributed by atoms with Crippen LogP contribution in [-0.4, -0.2) is 18.2 Å². The molecule has 2 aliphatic rings. The molecule has 0 aromatic rings. The number of fused-ring (bicyclic) bond motifs is 2. The van der Waals surface area contributed by atoms with Gasteiger partial charge in [-0.25, -0.2) is 0 Å². The normalized spacial score (nSPS) is 34.8. The van der Waals surface area contributed by atoms with E-state index in [1.54, 1.807) is 0 Å². The van der Waals surface area contributed by atoms with Crippen molar-refractivity contribution in [2.24, 2.45) is 17.8 Å². The number of hydrogen-bond donors (Lipinski definition) is 2. The second kappa shape index (κ2) is 4.56. The number of thiol groups is 1. The van der Waals surface area contributed by atoms with Gasteiger partial charge in [0, 0.05) is 13.0 Å². The molecule has 2 rings (SSSR count). The van der Waals surface area contributed by atoms with E-state index >= 15 is 0 Å². The highest BCUT2D eigenvalue weighted by molar-refractivity contribution is 7.80. The van der Waals surface area contributed by atoms with E-state index in [1.165, 1.54) is 25.7 Å². The van der Waals surface area contributed by atoms with Crippen LogP contribution in [0.3, 0.4) is 0 Å². The van der Waals surface area contributed by atoms with Crippen molar-refractivity contribution < 1.29 is 4.79 Å². The number of amides is 1. The summed E-state index contributed by atoms with van der Waals surface area (Å²) in [5.41, 5.74) is 0. The predicted molar refractivity (Wildman–Crippen MR) is 60.4 cm³/mol. The maximum atomic E-state index is 11.2. The van der Waals surface area contributed by atoms with E-state index < -0.39 is 0 Å². The standard InChI is InChI=1S/C11H19NOS/c13-11(3-4-14)12-7-10-6-8-1-2-9(10)5-8/h8-10,14H,1-7H2,(H,12,13). The van der Waals surface area contributed by atoms with Gasteiger partial charge in [0.15, 0.2) is 0 Å². The fraction of sp³-hybridized carbons (Fsp3) is 0.909. The molecule has 1 amide bonds. The molecule has 0 saturated heterocycles. The van der Waals surface area contributed by atoms with Gasteiger partial charge in [-0.1, -0.05) is 6.42 Å². The Morgan fingerprint density at radius 2 is 2.21 bits per heavy atom. The summed E-state index contributed by atoms with van der Waals surface area (Å²) >= 11 is 4.05. The first-order valence-corrected chi connectivity index (χ1v) is 6.30. The van der Waals surface area contributed by atoms with Crippen LogP contribution in [0.5, 0.6) is 0 Å². The number of carbonyl (C=O) groups excluding carboxylic acids is 1. The molecule has 3 atom stereocenters. The minimum Gasteiger partial charge on any atom is -0.356 e. The maximum Gasteiger partial charge on any atom is 0.220 e. The molecule has 0 aromatic heterocycles. The molecule has 3 unspecified atom stereocenters. The summed E-state index contributed by atoms with van der Waals surface area (Å²) in [6, 6.07) is 0. The first-order valence-electron chi connectivity index (χ1n) is 5.67. The predicted octanol–water partition coefficient (Wildman–Crippen LogP) is 1.86. The molecule has 3 heteroatoms. The van der Waals surface area contributed by atoms with E-state index in [0.29, 0.717) is 12.2 Å². The Bertz CT molecular complexity index is 219. The molecule has 1 N–H and O–H groups in total. The maximum absolute atomic E-state index is 11.2. The molecule has 0 spiro atoms. The zero-order chi connectivity index (χ0) is 9.97. The third-order valence-corrected chi connectivity index (χ3v) is 4.01. The van der Waals surface area contributed by atoms with Crippen molar-refractivity contribution in [2.45, 2.75) is 32.1 Å². The Hall–Kier alpha value is -0.180. The fourth-order valence-electron chi connectivity index (χ4n) is 3.06. The summed E-state index contributed by atoms with van der Waals surface area (Å²) in [6.07, 6.45) is 6.17. The Kier molecular flexibility index (Phi) is 3.37. The third kappa shape index (κ3) is 2.25. The summed E-state index contributed by atoms with van der Waals surface area (Å²) in [5.74, 6) is 3.49. The smallest absolute Gasteiger partial charge is 0.220 e. The molecular weight excluding hydrogens is 194 g/mol. The lowest BCUT2D eigenvalue weighted by atomic mass is 9.89. The highest BCUT2D eigenvalue weighted by Crippen LogP contribution is 2.47. The average Bonchev–Trinajstić information content (AvgIpc) is 2.76. The largest absolute Gasteiger partial charge is 0.356 e. The Labute approximate surface area is 91.2 Å². The van der Waals surface area contributed by atoms with Crippen molar-refractivity contribution in [3.05, 3.63) is 0 Å². The quantitative estimate of drug-likeness (QED) is 0.686. The first-order chi connectivity index (χ1) is 6.79. The Balaban J connectivity index is 1.69. The van der Waals surface area contributed by atoms with E-state index in [4.69, 9.17) is 0 Å². The summed E-state index contributed by atoms with van der Waals surface area (Å²) in [6.45, 7) is 0.910. The zero-order valence-corrected chi connectivity index (χ0v) is 9.43. The lowest BCUT2D eigenvalue weighted by molar-refractivity contribution is -0.120. The number of hydrogen-bond acceptors (Lipinski definition) is 2. The summed E-state index contributed by atoms with van der Waals surface area (Å²) in [4.78, 5) is 11.2. The number of rotatable bonds is 4. The van der Waals surface area contributed by atoms with Crippen molar-refractivity contribution in [2.75, 3.05) is 12.3 Å². The van der Waals surface area contributed by atoms with Crippen molar-refractivity contribution >= 4 is 18.5 Å². The van der Waals surface area contributed by atoms with Crippen LogP contribution < -0.4 is 5.32 Å². The monoisotopic (exact) mass is 213 g/mol. The molecule has 0 radical (unpaired) electrons. The van der Waals surface area contributed by atoms with Crippen molar-refractivity contribution in [3.8, 4) is 0 Å². The van der Waals surface area contributed by atoms with Crippen LogP contribution in [0.15, 0.2) is 0 Å². The van der Waals surface area contributed by atoms with Crippen molar-refractivity contribution in [3.63, 3.8) is 0 Å². The van der Waals surface area contributed by atoms with E-state index in [-0.39, 0.29) is 5.91 Å². The second-order valence-corrected chi connectivity index (χ2v) is 5.16. The fourth-order valence-corrected chi connectivity index (χ4v) is 3.26. The number of nitrogens with one attached hydrogen (secondary N) is 1. The van der Waals surface area contributed by atoms with E-state index in [2.05, 4.69) is 17.9 Å². The summed E-state index contributed by atoms with van der Waals surface area (Å²) < 4.78 is 0. The van der Waals surface area contributed by atoms with Gasteiger partial charge in [-0.2, -0.15) is 12.6 Å². The lowest BCUT2D eigenvalue weighted by Crippen LogP contribution is -2.31. The van der Waals surface area contributed by atoms with Crippen molar-refractivity contribution in [1.82, 2.24) is 5.32 Å². The van der Waals surface area contributed by atoms with Gasteiger partial charge in [0.1, 0.15) is 0 Å². The van der Waals surface area contributed by atoms with Crippen LogP contribution in [0.25, 0.3) is 0 Å². The van der Waals surface area contributed by atoms with Crippen LogP contribution in [0, 0.1) is 17.8 Å². The summed E-state index contributed by atoms with van der Waals surface area (Å²) in [5, 5.41) is 3.02. The second-order valence-electron chi connectivity index (χ2n) is 4.71.